The van der Waals surface area contributed by atoms with Gasteiger partial charge in [0.2, 0.25) is 0 Å². The zero-order valence-corrected chi connectivity index (χ0v) is 16.0. The van der Waals surface area contributed by atoms with Crippen molar-refractivity contribution < 1.29 is 4.39 Å². The molecule has 6 aromatic rings. The Hall–Kier alpha value is -4.46. The van der Waals surface area contributed by atoms with E-state index in [0.29, 0.717) is 17.0 Å². The lowest BCUT2D eigenvalue weighted by Crippen LogP contribution is -1.88. The molecule has 0 unspecified atom stereocenters. The second kappa shape index (κ2) is 6.81. The Morgan fingerprint density at radius 2 is 1.58 bits per heavy atom. The number of para-hydroxylation sites is 1. The first kappa shape index (κ1) is 17.4. The molecule has 0 amide bonds. The number of fused-ring (bicyclic) bond motifs is 2. The first-order valence-corrected chi connectivity index (χ1v) is 9.62. The molecule has 0 saturated heterocycles. The highest BCUT2D eigenvalue weighted by atomic mass is 19.1. The number of aromatic nitrogens is 7. The molecule has 0 spiro atoms. The van der Waals surface area contributed by atoms with Gasteiger partial charge in [0.15, 0.2) is 11.5 Å². The summed E-state index contributed by atoms with van der Waals surface area (Å²) in [5, 5.41) is 7.46. The minimum absolute atomic E-state index is 0.271. The molecule has 2 aromatic carbocycles. The summed E-state index contributed by atoms with van der Waals surface area (Å²) < 4.78 is 13.4. The number of hydrogen-bond donors (Lipinski definition) is 2. The molecule has 4 heterocycles. The molecular weight excluding hydrogens is 393 g/mol. The summed E-state index contributed by atoms with van der Waals surface area (Å²) in [6, 6.07) is 16.1. The molecule has 31 heavy (non-hydrogen) atoms. The monoisotopic (exact) mass is 407 g/mol. The largest absolute Gasteiger partial charge is 0.336 e. The molecule has 0 fully saturated rings. The highest BCUT2D eigenvalue weighted by Crippen LogP contribution is 2.31. The Bertz CT molecular complexity index is 1540. The average molecular weight is 407 g/mol. The van der Waals surface area contributed by atoms with Gasteiger partial charge in [-0.1, -0.05) is 24.3 Å². The fourth-order valence-corrected chi connectivity index (χ4v) is 3.66. The Balaban J connectivity index is 1.51. The second-order valence-electron chi connectivity index (χ2n) is 7.09. The van der Waals surface area contributed by atoms with Gasteiger partial charge < -0.3 is 4.98 Å². The molecule has 0 bridgehead atoms. The fourth-order valence-electron chi connectivity index (χ4n) is 3.66. The molecule has 0 atom stereocenters. The summed E-state index contributed by atoms with van der Waals surface area (Å²) in [5.41, 5.74) is 7.14. The summed E-state index contributed by atoms with van der Waals surface area (Å²) in [6.45, 7) is 0. The zero-order chi connectivity index (χ0) is 20.8. The molecule has 6 rings (SSSR count). The van der Waals surface area contributed by atoms with Gasteiger partial charge in [-0.25, -0.2) is 24.3 Å². The van der Waals surface area contributed by atoms with E-state index in [-0.39, 0.29) is 5.82 Å². The molecular formula is C23H14FN7. The minimum atomic E-state index is -0.271. The van der Waals surface area contributed by atoms with Crippen molar-refractivity contribution in [3.8, 4) is 33.9 Å². The highest BCUT2D eigenvalue weighted by molar-refractivity contribution is 5.96. The SMILES string of the molecule is Fc1ccc(-c2cccc3[nH]c(-c4n[nH]c5ccc(-c6cncnc6)nc45)nc23)cc1. The molecule has 0 radical (unpaired) electrons. The summed E-state index contributed by atoms with van der Waals surface area (Å²) >= 11 is 0. The average Bonchev–Trinajstić information content (AvgIpc) is 3.43. The highest BCUT2D eigenvalue weighted by Gasteiger charge is 2.16. The van der Waals surface area contributed by atoms with Crippen LogP contribution in [0.15, 0.2) is 73.3 Å². The number of halogens is 1. The summed E-state index contributed by atoms with van der Waals surface area (Å²) in [4.78, 5) is 21.0. The van der Waals surface area contributed by atoms with Crippen LogP contribution in [-0.2, 0) is 0 Å². The lowest BCUT2D eigenvalue weighted by atomic mass is 10.0. The van der Waals surface area contributed by atoms with Crippen molar-refractivity contribution >= 4 is 22.1 Å². The van der Waals surface area contributed by atoms with Crippen molar-refractivity contribution in [2.45, 2.75) is 0 Å². The molecule has 7 nitrogen and oxygen atoms in total. The molecule has 4 aromatic heterocycles. The fraction of sp³-hybridized carbons (Fsp3) is 0. The number of hydrogen-bond acceptors (Lipinski definition) is 5. The maximum Gasteiger partial charge on any atom is 0.161 e. The van der Waals surface area contributed by atoms with Crippen molar-refractivity contribution in [2.24, 2.45) is 0 Å². The second-order valence-corrected chi connectivity index (χ2v) is 7.09. The Kier molecular flexibility index (Phi) is 3.82. The van der Waals surface area contributed by atoms with E-state index in [1.807, 2.05) is 30.3 Å². The van der Waals surface area contributed by atoms with Gasteiger partial charge in [0.1, 0.15) is 17.7 Å². The lowest BCUT2D eigenvalue weighted by Gasteiger charge is -2.02. The summed E-state index contributed by atoms with van der Waals surface area (Å²) in [6.07, 6.45) is 4.92. The van der Waals surface area contributed by atoms with Gasteiger partial charge in [-0.15, -0.1) is 0 Å². The van der Waals surface area contributed by atoms with Crippen LogP contribution in [0.5, 0.6) is 0 Å². The van der Waals surface area contributed by atoms with Gasteiger partial charge in [0.05, 0.1) is 22.2 Å². The van der Waals surface area contributed by atoms with Gasteiger partial charge in [0, 0.05) is 23.5 Å². The first-order valence-electron chi connectivity index (χ1n) is 9.62. The van der Waals surface area contributed by atoms with E-state index in [1.165, 1.54) is 18.5 Å². The van der Waals surface area contributed by atoms with Crippen LogP contribution < -0.4 is 0 Å². The third kappa shape index (κ3) is 2.93. The van der Waals surface area contributed by atoms with Crippen LogP contribution in [0.4, 0.5) is 4.39 Å². The predicted octanol–water partition coefficient (Wildman–Crippen LogP) is 4.76. The Labute approximate surface area is 175 Å². The van der Waals surface area contributed by atoms with E-state index in [4.69, 9.17) is 9.97 Å². The molecule has 8 heteroatoms. The summed E-state index contributed by atoms with van der Waals surface area (Å²) in [5.74, 6) is 0.331. The van der Waals surface area contributed by atoms with E-state index in [9.17, 15) is 4.39 Å². The molecule has 0 aliphatic rings. The maximum absolute atomic E-state index is 13.4. The topological polar surface area (TPSA) is 96.0 Å². The first-order chi connectivity index (χ1) is 15.3. The number of aromatic amines is 2. The third-order valence-corrected chi connectivity index (χ3v) is 5.16. The van der Waals surface area contributed by atoms with Gasteiger partial charge in [-0.3, -0.25) is 5.10 Å². The Morgan fingerprint density at radius 1 is 0.742 bits per heavy atom. The molecule has 0 saturated carbocycles. The molecule has 148 valence electrons. The van der Waals surface area contributed by atoms with Crippen molar-refractivity contribution in [1.29, 1.82) is 0 Å². The van der Waals surface area contributed by atoms with Crippen LogP contribution >= 0.6 is 0 Å². The number of nitrogens with one attached hydrogen (secondary N) is 2. The molecule has 0 aliphatic carbocycles. The molecule has 2 N–H and O–H groups in total. The van der Waals surface area contributed by atoms with Crippen molar-refractivity contribution in [1.82, 2.24) is 35.1 Å². The van der Waals surface area contributed by atoms with Crippen molar-refractivity contribution in [3.63, 3.8) is 0 Å². The molecule has 0 aliphatic heterocycles. The van der Waals surface area contributed by atoms with Gasteiger partial charge in [-0.05, 0) is 35.9 Å². The van der Waals surface area contributed by atoms with Crippen LogP contribution in [0.1, 0.15) is 0 Å². The number of H-pyrrole nitrogens is 2. The standard InChI is InChI=1S/C23H14FN7/c24-15-6-4-13(5-7-15)16-2-1-3-18-20(16)29-23(28-18)22-21-19(30-31-22)9-8-17(27-21)14-10-25-12-26-11-14/h1-12H,(H,28,29)(H,30,31). The maximum atomic E-state index is 13.4. The Morgan fingerprint density at radius 3 is 2.42 bits per heavy atom. The van der Waals surface area contributed by atoms with Crippen LogP contribution in [0.2, 0.25) is 0 Å². The number of pyridine rings is 1. The third-order valence-electron chi connectivity index (χ3n) is 5.16. The van der Waals surface area contributed by atoms with E-state index >= 15 is 0 Å². The van der Waals surface area contributed by atoms with E-state index < -0.39 is 0 Å². The number of rotatable bonds is 3. The quantitative estimate of drug-likeness (QED) is 0.441. The predicted molar refractivity (Wildman–Crippen MR) is 115 cm³/mol. The van der Waals surface area contributed by atoms with Crippen LogP contribution in [-0.4, -0.2) is 35.1 Å². The van der Waals surface area contributed by atoms with Crippen LogP contribution in [0, 0.1) is 5.82 Å². The normalized spacial score (nSPS) is 11.4. The van der Waals surface area contributed by atoms with Gasteiger partial charge >= 0.3 is 0 Å². The smallest absolute Gasteiger partial charge is 0.161 e. The van der Waals surface area contributed by atoms with E-state index in [0.717, 1.165) is 38.9 Å². The van der Waals surface area contributed by atoms with Gasteiger partial charge in [-0.2, -0.15) is 5.10 Å². The number of benzene rings is 2. The van der Waals surface area contributed by atoms with Crippen LogP contribution in [0.3, 0.4) is 0 Å². The van der Waals surface area contributed by atoms with Gasteiger partial charge in [0.25, 0.3) is 0 Å². The van der Waals surface area contributed by atoms with E-state index in [1.54, 1.807) is 24.5 Å². The van der Waals surface area contributed by atoms with Crippen LogP contribution in [0.25, 0.3) is 56.0 Å². The zero-order valence-electron chi connectivity index (χ0n) is 16.0. The number of imidazole rings is 1. The summed E-state index contributed by atoms with van der Waals surface area (Å²) in [7, 11) is 0. The van der Waals surface area contributed by atoms with Crippen molar-refractivity contribution in [2.75, 3.05) is 0 Å². The minimum Gasteiger partial charge on any atom is -0.336 e. The van der Waals surface area contributed by atoms with Crippen molar-refractivity contribution in [3.05, 3.63) is 79.1 Å². The van der Waals surface area contributed by atoms with E-state index in [2.05, 4.69) is 25.1 Å². The number of nitrogens with zero attached hydrogens (tertiary/aromatic N) is 5. The lowest BCUT2D eigenvalue weighted by molar-refractivity contribution is 0.628.